The molecule has 1 saturated carbocycles. The molecule has 18 heavy (non-hydrogen) atoms. The molecule has 0 radical (unpaired) electrons. The van der Waals surface area contributed by atoms with Gasteiger partial charge in [-0.1, -0.05) is 12.8 Å². The van der Waals surface area contributed by atoms with Crippen molar-refractivity contribution >= 4 is 17.8 Å². The molecule has 0 saturated heterocycles. The average Bonchev–Trinajstić information content (AvgIpc) is 2.37. The van der Waals surface area contributed by atoms with E-state index in [1.165, 1.54) is 7.05 Å². The number of carbonyl (C=O) groups excluding carboxylic acids is 2. The fraction of sp³-hybridized carbons (Fsp3) is 0.750. The topological polar surface area (TPSA) is 95.5 Å². The zero-order valence-electron chi connectivity index (χ0n) is 10.7. The first kappa shape index (κ1) is 14.5. The van der Waals surface area contributed by atoms with E-state index in [0.29, 0.717) is 12.8 Å². The lowest BCUT2D eigenvalue weighted by atomic mass is 9.78. The van der Waals surface area contributed by atoms with Crippen LogP contribution in [0, 0.1) is 11.8 Å². The van der Waals surface area contributed by atoms with Gasteiger partial charge in [0.15, 0.2) is 0 Å². The van der Waals surface area contributed by atoms with Crippen molar-refractivity contribution in [2.75, 3.05) is 7.05 Å². The van der Waals surface area contributed by atoms with Crippen molar-refractivity contribution in [1.82, 2.24) is 10.6 Å². The molecular weight excluding hydrogens is 236 g/mol. The minimum absolute atomic E-state index is 0.286. The summed E-state index contributed by atoms with van der Waals surface area (Å²) < 4.78 is 0. The predicted molar refractivity (Wildman–Crippen MR) is 64.8 cm³/mol. The van der Waals surface area contributed by atoms with Gasteiger partial charge in [0.1, 0.15) is 6.04 Å². The van der Waals surface area contributed by atoms with Crippen LogP contribution in [0.1, 0.15) is 32.6 Å². The van der Waals surface area contributed by atoms with Crippen LogP contribution < -0.4 is 10.6 Å². The summed E-state index contributed by atoms with van der Waals surface area (Å²) in [6, 6.07) is -0.640. The number of carbonyl (C=O) groups is 3. The SMILES string of the molecule is CNC(=O)C(C)NC(=O)C1CCCCC1C(=O)O. The number of likely N-dealkylation sites (N-methyl/N-ethyl adjacent to an activating group) is 1. The maximum absolute atomic E-state index is 12.0. The minimum Gasteiger partial charge on any atom is -0.481 e. The lowest BCUT2D eigenvalue weighted by Gasteiger charge is -2.28. The number of nitrogens with one attached hydrogen (secondary N) is 2. The lowest BCUT2D eigenvalue weighted by molar-refractivity contribution is -0.149. The molecule has 2 amide bonds. The van der Waals surface area contributed by atoms with Crippen molar-refractivity contribution in [3.63, 3.8) is 0 Å². The molecule has 3 atom stereocenters. The third-order valence-electron chi connectivity index (χ3n) is 3.42. The van der Waals surface area contributed by atoms with E-state index in [9.17, 15) is 14.4 Å². The number of amides is 2. The average molecular weight is 256 g/mol. The Morgan fingerprint density at radius 1 is 1.17 bits per heavy atom. The number of hydrogen-bond acceptors (Lipinski definition) is 3. The first-order valence-electron chi connectivity index (χ1n) is 6.22. The number of hydrogen-bond donors (Lipinski definition) is 3. The van der Waals surface area contributed by atoms with Gasteiger partial charge in [0.05, 0.1) is 11.8 Å². The Morgan fingerprint density at radius 3 is 2.22 bits per heavy atom. The van der Waals surface area contributed by atoms with Gasteiger partial charge in [0.2, 0.25) is 11.8 Å². The van der Waals surface area contributed by atoms with E-state index >= 15 is 0 Å². The van der Waals surface area contributed by atoms with Gasteiger partial charge in [-0.05, 0) is 19.8 Å². The lowest BCUT2D eigenvalue weighted by Crippen LogP contribution is -2.48. The molecule has 0 aliphatic heterocycles. The molecule has 0 aromatic rings. The molecule has 102 valence electrons. The quantitative estimate of drug-likeness (QED) is 0.666. The highest BCUT2D eigenvalue weighted by Crippen LogP contribution is 2.30. The van der Waals surface area contributed by atoms with Crippen LogP contribution in [0.5, 0.6) is 0 Å². The summed E-state index contributed by atoms with van der Waals surface area (Å²) in [6.45, 7) is 1.58. The van der Waals surface area contributed by atoms with Crippen LogP contribution in [0.2, 0.25) is 0 Å². The minimum atomic E-state index is -0.928. The van der Waals surface area contributed by atoms with Gasteiger partial charge >= 0.3 is 5.97 Å². The third-order valence-corrected chi connectivity index (χ3v) is 3.42. The third kappa shape index (κ3) is 3.45. The predicted octanol–water partition coefficient (Wildman–Crippen LogP) is 0.128. The smallest absolute Gasteiger partial charge is 0.307 e. The molecule has 6 heteroatoms. The molecule has 6 nitrogen and oxygen atoms in total. The monoisotopic (exact) mass is 256 g/mol. The van der Waals surface area contributed by atoms with Gasteiger partial charge < -0.3 is 15.7 Å². The number of carboxylic acids is 1. The van der Waals surface area contributed by atoms with Crippen LogP contribution in [0.15, 0.2) is 0 Å². The molecule has 1 aliphatic rings. The Hall–Kier alpha value is -1.59. The zero-order valence-corrected chi connectivity index (χ0v) is 10.7. The van der Waals surface area contributed by atoms with E-state index in [4.69, 9.17) is 5.11 Å². The normalized spacial score (nSPS) is 25.0. The highest BCUT2D eigenvalue weighted by Gasteiger charge is 2.36. The summed E-state index contributed by atoms with van der Waals surface area (Å²) in [5.41, 5.74) is 0. The van der Waals surface area contributed by atoms with Crippen molar-refractivity contribution in [1.29, 1.82) is 0 Å². The second-order valence-electron chi connectivity index (χ2n) is 4.68. The molecular formula is C12H20N2O4. The Kier molecular flexibility index (Phi) is 5.12. The van der Waals surface area contributed by atoms with Gasteiger partial charge in [-0.3, -0.25) is 14.4 Å². The molecule has 3 N–H and O–H groups in total. The van der Waals surface area contributed by atoms with Gasteiger partial charge in [-0.2, -0.15) is 0 Å². The standard InChI is InChI=1S/C12H20N2O4/c1-7(10(15)13-2)14-11(16)8-5-3-4-6-9(8)12(17)18/h7-9H,3-6H2,1-2H3,(H,13,15)(H,14,16)(H,17,18). The Labute approximate surface area is 106 Å². The summed E-state index contributed by atoms with van der Waals surface area (Å²) >= 11 is 0. The van der Waals surface area contributed by atoms with E-state index < -0.39 is 23.8 Å². The Bertz CT molecular complexity index is 343. The van der Waals surface area contributed by atoms with E-state index in [2.05, 4.69) is 10.6 Å². The van der Waals surface area contributed by atoms with Crippen molar-refractivity contribution in [3.8, 4) is 0 Å². The molecule has 1 rings (SSSR count). The zero-order chi connectivity index (χ0) is 13.7. The second kappa shape index (κ2) is 6.37. The van der Waals surface area contributed by atoms with E-state index in [-0.39, 0.29) is 11.8 Å². The van der Waals surface area contributed by atoms with E-state index in [1.54, 1.807) is 6.92 Å². The first-order chi connectivity index (χ1) is 8.47. The summed E-state index contributed by atoms with van der Waals surface area (Å²) in [5.74, 6) is -2.70. The van der Waals surface area contributed by atoms with Gasteiger partial charge in [-0.15, -0.1) is 0 Å². The van der Waals surface area contributed by atoms with E-state index in [0.717, 1.165) is 12.8 Å². The fourth-order valence-corrected chi connectivity index (χ4v) is 2.34. The highest BCUT2D eigenvalue weighted by atomic mass is 16.4. The molecule has 0 aromatic carbocycles. The Morgan fingerprint density at radius 2 is 1.72 bits per heavy atom. The maximum Gasteiger partial charge on any atom is 0.307 e. The maximum atomic E-state index is 12.0. The van der Waals surface area contributed by atoms with Crippen LogP contribution in [0.25, 0.3) is 0 Å². The van der Waals surface area contributed by atoms with Crippen LogP contribution in [0.4, 0.5) is 0 Å². The largest absolute Gasteiger partial charge is 0.481 e. The summed E-state index contributed by atoms with van der Waals surface area (Å²) in [4.78, 5) is 34.4. The van der Waals surface area contributed by atoms with E-state index in [1.807, 2.05) is 0 Å². The number of rotatable bonds is 4. The molecule has 0 spiro atoms. The van der Waals surface area contributed by atoms with Crippen molar-refractivity contribution in [2.24, 2.45) is 11.8 Å². The molecule has 1 aliphatic carbocycles. The first-order valence-corrected chi connectivity index (χ1v) is 6.22. The van der Waals surface area contributed by atoms with Crippen LogP contribution in [0.3, 0.4) is 0 Å². The number of carboxylic acid groups (broad SMARTS) is 1. The van der Waals surface area contributed by atoms with Crippen LogP contribution >= 0.6 is 0 Å². The molecule has 1 fully saturated rings. The van der Waals surface area contributed by atoms with Crippen LogP contribution in [-0.4, -0.2) is 36.0 Å². The second-order valence-corrected chi connectivity index (χ2v) is 4.68. The van der Waals surface area contributed by atoms with Gasteiger partial charge in [0.25, 0.3) is 0 Å². The van der Waals surface area contributed by atoms with Gasteiger partial charge in [-0.25, -0.2) is 0 Å². The summed E-state index contributed by atoms with van der Waals surface area (Å²) in [7, 11) is 1.49. The van der Waals surface area contributed by atoms with Crippen molar-refractivity contribution in [3.05, 3.63) is 0 Å². The van der Waals surface area contributed by atoms with Crippen LogP contribution in [-0.2, 0) is 14.4 Å². The molecule has 3 unspecified atom stereocenters. The Balaban J connectivity index is 2.63. The summed E-state index contributed by atoms with van der Waals surface area (Å²) in [5, 5.41) is 14.1. The molecule has 0 aromatic heterocycles. The molecule has 0 bridgehead atoms. The number of aliphatic carboxylic acids is 1. The summed E-state index contributed by atoms with van der Waals surface area (Å²) in [6.07, 6.45) is 2.80. The fourth-order valence-electron chi connectivity index (χ4n) is 2.34. The van der Waals surface area contributed by atoms with Crippen molar-refractivity contribution in [2.45, 2.75) is 38.6 Å². The highest BCUT2D eigenvalue weighted by molar-refractivity contribution is 5.90. The molecule has 0 heterocycles. The van der Waals surface area contributed by atoms with Gasteiger partial charge in [0, 0.05) is 7.05 Å². The van der Waals surface area contributed by atoms with Crippen molar-refractivity contribution < 1.29 is 19.5 Å².